The smallest absolute Gasteiger partial charge is 0.326 e. The highest BCUT2D eigenvalue weighted by atomic mass is 32.1. The fourth-order valence-electron chi connectivity index (χ4n) is 2.44. The average Bonchev–Trinajstić information content (AvgIpc) is 2.69. The van der Waals surface area contributed by atoms with Crippen LogP contribution >= 0.6 is 12.6 Å². The van der Waals surface area contributed by atoms with Crippen LogP contribution in [-0.4, -0.2) is 82.2 Å². The second kappa shape index (κ2) is 15.0. The summed E-state index contributed by atoms with van der Waals surface area (Å²) >= 11 is 3.97. The molecule has 14 nitrogen and oxygen atoms in total. The minimum atomic E-state index is -1.72. The molecule has 0 saturated carbocycles. The van der Waals surface area contributed by atoms with Gasteiger partial charge in [-0.3, -0.25) is 24.0 Å². The summed E-state index contributed by atoms with van der Waals surface area (Å²) in [6.07, 6.45) is -0.0564. The fourth-order valence-corrected chi connectivity index (χ4v) is 2.70. The van der Waals surface area contributed by atoms with Crippen molar-refractivity contribution in [1.82, 2.24) is 16.0 Å². The Kier molecular flexibility index (Phi) is 13.6. The van der Waals surface area contributed by atoms with Crippen LogP contribution < -0.4 is 33.2 Å². The van der Waals surface area contributed by atoms with Crippen LogP contribution in [0, 0.1) is 0 Å². The maximum Gasteiger partial charge on any atom is 0.326 e. The Morgan fingerprint density at radius 3 is 1.81 bits per heavy atom. The van der Waals surface area contributed by atoms with Gasteiger partial charge in [-0.1, -0.05) is 6.42 Å². The van der Waals surface area contributed by atoms with E-state index in [0.29, 0.717) is 25.8 Å². The van der Waals surface area contributed by atoms with Gasteiger partial charge in [-0.2, -0.15) is 12.6 Å². The highest BCUT2D eigenvalue weighted by Gasteiger charge is 2.31. The van der Waals surface area contributed by atoms with E-state index in [2.05, 4.69) is 23.3 Å². The predicted molar refractivity (Wildman–Crippen MR) is 114 cm³/mol. The molecule has 0 bridgehead atoms. The van der Waals surface area contributed by atoms with Gasteiger partial charge < -0.3 is 43.4 Å². The third-order valence-corrected chi connectivity index (χ3v) is 4.52. The molecule has 0 rings (SSSR count). The summed E-state index contributed by atoms with van der Waals surface area (Å²) in [5, 5.41) is 24.5. The first-order valence-corrected chi connectivity index (χ1v) is 10.3. The number of rotatable bonds is 16. The lowest BCUT2D eigenvalue weighted by molar-refractivity contribution is -0.144. The van der Waals surface area contributed by atoms with Crippen molar-refractivity contribution in [2.45, 2.75) is 56.3 Å². The van der Waals surface area contributed by atoms with Gasteiger partial charge in [-0.15, -0.1) is 0 Å². The van der Waals surface area contributed by atoms with Crippen LogP contribution in [0.15, 0.2) is 0 Å². The number of hydrogen-bond acceptors (Lipinski definition) is 9. The molecule has 0 aliphatic rings. The molecule has 11 N–H and O–H groups in total. The van der Waals surface area contributed by atoms with Crippen LogP contribution in [0.25, 0.3) is 0 Å². The van der Waals surface area contributed by atoms with Gasteiger partial charge in [0.15, 0.2) is 0 Å². The molecule has 0 aromatic rings. The van der Waals surface area contributed by atoms with E-state index in [-0.39, 0.29) is 5.75 Å². The normalized spacial score (nSPS) is 14.3. The first kappa shape index (κ1) is 29.1. The Balaban J connectivity index is 5.21. The lowest BCUT2D eigenvalue weighted by atomic mass is 10.1. The Labute approximate surface area is 189 Å². The average molecular weight is 479 g/mol. The summed E-state index contributed by atoms with van der Waals surface area (Å²) in [5.41, 5.74) is 16.1. The lowest BCUT2D eigenvalue weighted by Gasteiger charge is -2.23. The number of carboxylic acids is 2. The number of nitrogens with one attached hydrogen (secondary N) is 3. The zero-order valence-electron chi connectivity index (χ0n) is 17.3. The van der Waals surface area contributed by atoms with Crippen molar-refractivity contribution in [3.63, 3.8) is 0 Å². The molecular weight excluding hydrogens is 448 g/mol. The highest BCUT2D eigenvalue weighted by Crippen LogP contribution is 2.02. The number of carbonyl (C=O) groups excluding carboxylic acids is 4. The van der Waals surface area contributed by atoms with Crippen molar-refractivity contribution >= 4 is 48.2 Å². The van der Waals surface area contributed by atoms with E-state index in [4.69, 9.17) is 27.4 Å². The Morgan fingerprint density at radius 1 is 0.812 bits per heavy atom. The molecule has 0 radical (unpaired) electrons. The van der Waals surface area contributed by atoms with Gasteiger partial charge >= 0.3 is 11.9 Å². The van der Waals surface area contributed by atoms with E-state index in [0.717, 1.165) is 0 Å². The Hall–Kier alpha value is -2.91. The molecule has 4 amide bonds. The third-order valence-electron chi connectivity index (χ3n) is 4.15. The van der Waals surface area contributed by atoms with Crippen LogP contribution in [0.1, 0.15) is 32.1 Å². The minimum Gasteiger partial charge on any atom is -0.481 e. The summed E-state index contributed by atoms with van der Waals surface area (Å²) in [4.78, 5) is 70.2. The van der Waals surface area contributed by atoms with Crippen LogP contribution in [0.4, 0.5) is 0 Å². The summed E-state index contributed by atoms with van der Waals surface area (Å²) in [5.74, 6) is -7.03. The highest BCUT2D eigenvalue weighted by molar-refractivity contribution is 7.80. The van der Waals surface area contributed by atoms with Gasteiger partial charge in [0.25, 0.3) is 0 Å². The van der Waals surface area contributed by atoms with Crippen molar-refractivity contribution in [3.05, 3.63) is 0 Å². The van der Waals surface area contributed by atoms with E-state index in [1.807, 2.05) is 5.32 Å². The maximum atomic E-state index is 12.5. The number of carbonyl (C=O) groups is 6. The Bertz CT molecular complexity index is 707. The van der Waals surface area contributed by atoms with E-state index in [9.17, 15) is 28.8 Å². The minimum absolute atomic E-state index is 0.200. The topological polar surface area (TPSA) is 257 Å². The van der Waals surface area contributed by atoms with E-state index >= 15 is 0 Å². The second-order valence-electron chi connectivity index (χ2n) is 6.86. The van der Waals surface area contributed by atoms with E-state index < -0.39 is 72.6 Å². The molecule has 0 aromatic heterocycles. The van der Waals surface area contributed by atoms with Crippen molar-refractivity contribution in [3.8, 4) is 0 Å². The molecule has 15 heteroatoms. The number of nitrogens with two attached hydrogens (primary N) is 3. The summed E-state index contributed by atoms with van der Waals surface area (Å²) in [6.45, 7) is 0.436. The van der Waals surface area contributed by atoms with Crippen molar-refractivity contribution in [2.75, 3.05) is 12.3 Å². The van der Waals surface area contributed by atoms with Crippen LogP contribution in [0.2, 0.25) is 0 Å². The van der Waals surface area contributed by atoms with Crippen LogP contribution in [0.3, 0.4) is 0 Å². The fraction of sp³-hybridized carbons (Fsp3) is 0.647. The standard InChI is InChI=1S/C17H30N6O8S/c18-4-2-1-3-8(19)14(27)23-11(7-32)16(29)21-9(6-13(25)26)15(28)22-10(17(30)31)5-12(20)24/h8-11,32H,1-7,18-19H2,(H2,20,24)(H,21,29)(H,22,28)(H,23,27)(H,25,26)(H,30,31). The number of primary amides is 1. The Morgan fingerprint density at radius 2 is 1.34 bits per heavy atom. The zero-order chi connectivity index (χ0) is 24.8. The largest absolute Gasteiger partial charge is 0.481 e. The molecule has 0 aromatic carbocycles. The van der Waals surface area contributed by atoms with Crippen molar-refractivity contribution < 1.29 is 39.0 Å². The number of carboxylic acid groups (broad SMARTS) is 2. The van der Waals surface area contributed by atoms with Gasteiger partial charge in [0.1, 0.15) is 18.1 Å². The monoisotopic (exact) mass is 478 g/mol. The van der Waals surface area contributed by atoms with E-state index in [1.54, 1.807) is 0 Å². The van der Waals surface area contributed by atoms with Gasteiger partial charge in [-0.05, 0) is 19.4 Å². The maximum absolute atomic E-state index is 12.5. The van der Waals surface area contributed by atoms with Gasteiger partial charge in [0, 0.05) is 5.75 Å². The van der Waals surface area contributed by atoms with Gasteiger partial charge in [0.05, 0.1) is 18.9 Å². The summed E-state index contributed by atoms with van der Waals surface area (Å²) < 4.78 is 0. The summed E-state index contributed by atoms with van der Waals surface area (Å²) in [7, 11) is 0. The number of amides is 4. The van der Waals surface area contributed by atoms with Gasteiger partial charge in [0.2, 0.25) is 23.6 Å². The van der Waals surface area contributed by atoms with Crippen molar-refractivity contribution in [2.24, 2.45) is 17.2 Å². The first-order valence-electron chi connectivity index (χ1n) is 9.63. The van der Waals surface area contributed by atoms with Crippen molar-refractivity contribution in [1.29, 1.82) is 0 Å². The lowest BCUT2D eigenvalue weighted by Crippen LogP contribution is -2.58. The molecule has 182 valence electrons. The molecule has 4 atom stereocenters. The molecule has 0 fully saturated rings. The second-order valence-corrected chi connectivity index (χ2v) is 7.23. The number of hydrogen-bond donors (Lipinski definition) is 9. The summed E-state index contributed by atoms with van der Waals surface area (Å²) in [6, 6.07) is -5.59. The quantitative estimate of drug-likeness (QED) is 0.0773. The molecule has 0 aliphatic carbocycles. The van der Waals surface area contributed by atoms with Crippen LogP contribution in [0.5, 0.6) is 0 Å². The van der Waals surface area contributed by atoms with E-state index in [1.165, 1.54) is 0 Å². The number of thiol groups is 1. The third kappa shape index (κ3) is 11.5. The number of unbranched alkanes of at least 4 members (excludes halogenated alkanes) is 1. The van der Waals surface area contributed by atoms with Crippen LogP contribution in [-0.2, 0) is 28.8 Å². The molecule has 4 unspecified atom stereocenters. The zero-order valence-corrected chi connectivity index (χ0v) is 18.2. The molecule has 0 spiro atoms. The molecule has 0 saturated heterocycles. The molecule has 0 heterocycles. The number of aliphatic carboxylic acids is 2. The van der Waals surface area contributed by atoms with Gasteiger partial charge in [-0.25, -0.2) is 4.79 Å². The SMILES string of the molecule is NCCCCC(N)C(=O)NC(CS)C(=O)NC(CC(=O)O)C(=O)NC(CC(N)=O)C(=O)O. The first-order chi connectivity index (χ1) is 14.9. The molecule has 0 aliphatic heterocycles. The molecule has 32 heavy (non-hydrogen) atoms. The molecular formula is C17H30N6O8S. The predicted octanol–water partition coefficient (Wildman–Crippen LogP) is -3.74.